The molecule has 0 aromatic carbocycles. The quantitative estimate of drug-likeness (QED) is 0.184. The summed E-state index contributed by atoms with van der Waals surface area (Å²) in [6, 6.07) is -1.49. The fraction of sp³-hybridized carbons (Fsp3) is 0.538. The van der Waals surface area contributed by atoms with Gasteiger partial charge in [0, 0.05) is 6.08 Å². The molecule has 190 valence electrons. The van der Waals surface area contributed by atoms with E-state index in [9.17, 15) is 18.0 Å². The van der Waals surface area contributed by atoms with E-state index in [0.29, 0.717) is 12.0 Å². The Morgan fingerprint density at radius 3 is 2.47 bits per heavy atom. The average molecular weight is 494 g/mol. The van der Waals surface area contributed by atoms with Crippen LogP contribution in [0.25, 0.3) is 0 Å². The van der Waals surface area contributed by atoms with Gasteiger partial charge >= 0.3 is 5.97 Å². The molecular weight excluding hydrogens is 454 g/mol. The SMILES string of the molecule is CCCOC(=O)[C@H](CS(=O)(=O)O)NC(=O)C=C(C)C=CC=C(C)C=CC1=C(C)CCCC1(C)C. The molecule has 0 fully saturated rings. The molecule has 1 aliphatic carbocycles. The van der Waals surface area contributed by atoms with Crippen LogP contribution in [0.3, 0.4) is 0 Å². The van der Waals surface area contributed by atoms with E-state index in [-0.39, 0.29) is 12.0 Å². The summed E-state index contributed by atoms with van der Waals surface area (Å²) in [6.45, 7) is 12.3. The molecule has 0 saturated heterocycles. The Balaban J connectivity index is 2.81. The summed E-state index contributed by atoms with van der Waals surface area (Å²) in [4.78, 5) is 24.3. The van der Waals surface area contributed by atoms with Crippen molar-refractivity contribution in [1.82, 2.24) is 5.32 Å². The van der Waals surface area contributed by atoms with Crippen LogP contribution >= 0.6 is 0 Å². The molecule has 0 aromatic rings. The van der Waals surface area contributed by atoms with Crippen LogP contribution in [0.4, 0.5) is 0 Å². The van der Waals surface area contributed by atoms with E-state index < -0.39 is 33.8 Å². The van der Waals surface area contributed by atoms with Crippen molar-refractivity contribution in [2.75, 3.05) is 12.4 Å². The van der Waals surface area contributed by atoms with Crippen molar-refractivity contribution in [2.45, 2.75) is 73.3 Å². The average Bonchev–Trinajstić information content (AvgIpc) is 2.69. The van der Waals surface area contributed by atoms with Crippen LogP contribution < -0.4 is 5.32 Å². The van der Waals surface area contributed by atoms with Crippen LogP contribution in [0.2, 0.25) is 0 Å². The molecule has 1 atom stereocenters. The molecule has 8 heteroatoms. The number of ether oxygens (including phenoxy) is 1. The Morgan fingerprint density at radius 1 is 1.21 bits per heavy atom. The summed E-state index contributed by atoms with van der Waals surface area (Å²) in [5, 5.41) is 2.29. The topological polar surface area (TPSA) is 110 Å². The van der Waals surface area contributed by atoms with E-state index in [1.807, 2.05) is 19.1 Å². The first kappa shape index (κ1) is 29.6. The molecule has 2 N–H and O–H groups in total. The van der Waals surface area contributed by atoms with Crippen molar-refractivity contribution < 1.29 is 27.3 Å². The van der Waals surface area contributed by atoms with Gasteiger partial charge in [0.15, 0.2) is 0 Å². The monoisotopic (exact) mass is 493 g/mol. The first-order valence-electron chi connectivity index (χ1n) is 11.6. The number of carbonyl (C=O) groups excluding carboxylic acids is 2. The minimum Gasteiger partial charge on any atom is -0.464 e. The van der Waals surface area contributed by atoms with Gasteiger partial charge in [-0.15, -0.1) is 0 Å². The third-order valence-corrected chi connectivity index (χ3v) is 6.31. The number of hydrogen-bond acceptors (Lipinski definition) is 5. The molecular formula is C26H39NO6S. The van der Waals surface area contributed by atoms with Gasteiger partial charge in [0.2, 0.25) is 5.91 Å². The summed E-state index contributed by atoms with van der Waals surface area (Å²) in [5.41, 5.74) is 4.66. The van der Waals surface area contributed by atoms with Gasteiger partial charge in [0.1, 0.15) is 11.8 Å². The van der Waals surface area contributed by atoms with Gasteiger partial charge in [0.25, 0.3) is 10.1 Å². The number of carbonyl (C=O) groups is 2. The van der Waals surface area contributed by atoms with E-state index in [1.165, 1.54) is 30.1 Å². The maximum Gasteiger partial charge on any atom is 0.329 e. The van der Waals surface area contributed by atoms with E-state index in [2.05, 4.69) is 38.2 Å². The minimum atomic E-state index is -4.48. The highest BCUT2D eigenvalue weighted by Crippen LogP contribution is 2.40. The Hall–Kier alpha value is -2.45. The Kier molecular flexibility index (Phi) is 11.7. The van der Waals surface area contributed by atoms with Crippen LogP contribution in [-0.4, -0.2) is 43.2 Å². The second kappa shape index (κ2) is 13.4. The largest absolute Gasteiger partial charge is 0.464 e. The summed E-state index contributed by atoms with van der Waals surface area (Å²) in [6.07, 6.45) is 15.1. The Morgan fingerprint density at radius 2 is 1.88 bits per heavy atom. The number of esters is 1. The molecule has 0 saturated carbocycles. The fourth-order valence-corrected chi connectivity index (χ4v) is 4.42. The van der Waals surface area contributed by atoms with E-state index in [1.54, 1.807) is 19.9 Å². The van der Waals surface area contributed by atoms with Crippen molar-refractivity contribution >= 4 is 22.0 Å². The minimum absolute atomic E-state index is 0.0861. The molecule has 1 amide bonds. The van der Waals surface area contributed by atoms with Gasteiger partial charge in [-0.2, -0.15) is 8.42 Å². The zero-order chi connectivity index (χ0) is 25.9. The van der Waals surface area contributed by atoms with Crippen LogP contribution in [0, 0.1) is 5.41 Å². The second-order valence-electron chi connectivity index (χ2n) is 9.40. The fourth-order valence-electron chi connectivity index (χ4n) is 3.78. The molecule has 0 unspecified atom stereocenters. The first-order valence-corrected chi connectivity index (χ1v) is 13.2. The van der Waals surface area contributed by atoms with Crippen molar-refractivity contribution in [2.24, 2.45) is 5.41 Å². The summed E-state index contributed by atoms with van der Waals surface area (Å²) < 4.78 is 36.4. The standard InChI is InChI=1S/C26H39NO6S/c1-7-16-33-25(29)23(18-34(30,31)32)27-24(28)17-20(3)11-8-10-19(2)13-14-22-21(4)12-9-15-26(22,5)6/h8,10-11,13-14,17,23H,7,9,12,15-16,18H2,1-6H3,(H,27,28)(H,30,31,32)/t23-/m0/s1. The predicted octanol–water partition coefficient (Wildman–Crippen LogP) is 4.84. The lowest BCUT2D eigenvalue weighted by molar-refractivity contribution is -0.146. The number of rotatable bonds is 11. The third-order valence-electron chi connectivity index (χ3n) is 5.56. The molecule has 7 nitrogen and oxygen atoms in total. The molecule has 0 bridgehead atoms. The van der Waals surface area contributed by atoms with Crippen LogP contribution in [0.1, 0.15) is 67.2 Å². The molecule has 0 aromatic heterocycles. The first-order chi connectivity index (χ1) is 15.7. The number of hydrogen-bond donors (Lipinski definition) is 2. The highest BCUT2D eigenvalue weighted by molar-refractivity contribution is 7.85. The van der Waals surface area contributed by atoms with Crippen molar-refractivity contribution in [3.05, 3.63) is 58.7 Å². The molecule has 34 heavy (non-hydrogen) atoms. The Bertz CT molecular complexity index is 996. The number of amides is 1. The lowest BCUT2D eigenvalue weighted by atomic mass is 9.72. The number of nitrogens with one attached hydrogen (secondary N) is 1. The summed E-state index contributed by atoms with van der Waals surface area (Å²) >= 11 is 0. The number of allylic oxidation sites excluding steroid dienone is 9. The van der Waals surface area contributed by atoms with Gasteiger partial charge < -0.3 is 10.1 Å². The highest BCUT2D eigenvalue weighted by atomic mass is 32.2. The summed E-state index contributed by atoms with van der Waals surface area (Å²) in [7, 11) is -4.48. The molecule has 0 radical (unpaired) electrons. The molecule has 0 heterocycles. The lowest BCUT2D eigenvalue weighted by Gasteiger charge is -2.32. The van der Waals surface area contributed by atoms with Gasteiger partial charge in [-0.1, -0.05) is 62.3 Å². The maximum absolute atomic E-state index is 12.3. The van der Waals surface area contributed by atoms with E-state index in [0.717, 1.165) is 12.0 Å². The zero-order valence-electron chi connectivity index (χ0n) is 21.2. The lowest BCUT2D eigenvalue weighted by Crippen LogP contribution is -2.45. The normalized spacial score (nSPS) is 18.4. The highest BCUT2D eigenvalue weighted by Gasteiger charge is 2.27. The Labute approximate surface area is 204 Å². The molecule has 1 rings (SSSR count). The van der Waals surface area contributed by atoms with Gasteiger partial charge in [-0.05, 0) is 63.0 Å². The van der Waals surface area contributed by atoms with Gasteiger partial charge in [-0.25, -0.2) is 4.79 Å². The predicted molar refractivity (Wildman–Crippen MR) is 136 cm³/mol. The van der Waals surface area contributed by atoms with Crippen molar-refractivity contribution in [1.29, 1.82) is 0 Å². The van der Waals surface area contributed by atoms with Gasteiger partial charge in [0.05, 0.1) is 6.61 Å². The third kappa shape index (κ3) is 11.1. The summed E-state index contributed by atoms with van der Waals surface area (Å²) in [5.74, 6) is -2.52. The smallest absolute Gasteiger partial charge is 0.329 e. The van der Waals surface area contributed by atoms with Crippen molar-refractivity contribution in [3.8, 4) is 0 Å². The van der Waals surface area contributed by atoms with Crippen LogP contribution in [0.15, 0.2) is 58.7 Å². The molecule has 1 aliphatic rings. The zero-order valence-corrected chi connectivity index (χ0v) is 22.0. The van der Waals surface area contributed by atoms with Crippen molar-refractivity contribution in [3.63, 3.8) is 0 Å². The van der Waals surface area contributed by atoms with E-state index >= 15 is 0 Å². The maximum atomic E-state index is 12.3. The second-order valence-corrected chi connectivity index (χ2v) is 10.9. The van der Waals surface area contributed by atoms with Crippen LogP contribution in [-0.2, 0) is 24.4 Å². The van der Waals surface area contributed by atoms with E-state index in [4.69, 9.17) is 9.29 Å². The van der Waals surface area contributed by atoms with Crippen LogP contribution in [0.5, 0.6) is 0 Å². The molecule has 0 spiro atoms. The van der Waals surface area contributed by atoms with Gasteiger partial charge in [-0.3, -0.25) is 9.35 Å². The molecule has 0 aliphatic heterocycles.